The number of hydrogen-bond donors (Lipinski definition) is 1. The Kier molecular flexibility index (Phi) is 4.26. The van der Waals surface area contributed by atoms with Crippen LogP contribution in [0.5, 0.6) is 0 Å². The highest BCUT2D eigenvalue weighted by Gasteiger charge is 1.82. The summed E-state index contributed by atoms with van der Waals surface area (Å²) in [6, 6.07) is 0. The van der Waals surface area contributed by atoms with Gasteiger partial charge in [-0.3, -0.25) is 5.01 Å². The average molecular weight is 115 g/mol. The first-order chi connectivity index (χ1) is 3.81. The molecule has 0 saturated carbocycles. The summed E-state index contributed by atoms with van der Waals surface area (Å²) in [7, 11) is 3.80. The highest BCUT2D eigenvalue weighted by atomic mass is 15.5. The van der Waals surface area contributed by atoms with Gasteiger partial charge in [-0.15, -0.1) is 0 Å². The summed E-state index contributed by atoms with van der Waals surface area (Å²) in [4.78, 5) is 0. The van der Waals surface area contributed by atoms with Crippen molar-refractivity contribution in [1.29, 1.82) is 0 Å². The largest absolute Gasteiger partial charge is 0.302 e. The molecule has 3 heteroatoms. The zero-order valence-corrected chi connectivity index (χ0v) is 5.68. The molecule has 1 N–H and O–H groups in total. The molecule has 0 atom stereocenters. The molecule has 0 bridgehead atoms. The van der Waals surface area contributed by atoms with E-state index in [1.165, 1.54) is 0 Å². The second-order valence-electron chi connectivity index (χ2n) is 1.54. The van der Waals surface area contributed by atoms with E-state index in [-0.39, 0.29) is 0 Å². The van der Waals surface area contributed by atoms with Gasteiger partial charge in [0.25, 0.3) is 0 Å². The Hall–Kier alpha value is -0.570. The van der Waals surface area contributed by atoms with Gasteiger partial charge < -0.3 is 5.32 Å². The van der Waals surface area contributed by atoms with Gasteiger partial charge >= 0.3 is 0 Å². The van der Waals surface area contributed by atoms with E-state index >= 15 is 0 Å². The zero-order chi connectivity index (χ0) is 6.41. The molecule has 8 heavy (non-hydrogen) atoms. The molecule has 3 nitrogen and oxygen atoms in total. The molecule has 0 aliphatic heterocycles. The van der Waals surface area contributed by atoms with Crippen molar-refractivity contribution < 1.29 is 0 Å². The Morgan fingerprint density at radius 1 is 1.75 bits per heavy atom. The highest BCUT2D eigenvalue weighted by Crippen LogP contribution is 1.74. The van der Waals surface area contributed by atoms with Crippen molar-refractivity contribution in [2.45, 2.75) is 6.92 Å². The number of nitrogens with one attached hydrogen (secondary N) is 1. The summed E-state index contributed by atoms with van der Waals surface area (Å²) in [6.07, 6.45) is 1.76. The summed E-state index contributed by atoms with van der Waals surface area (Å²) in [6.45, 7) is 2.69. The van der Waals surface area contributed by atoms with Crippen LogP contribution in [0, 0.1) is 0 Å². The lowest BCUT2D eigenvalue weighted by molar-refractivity contribution is 0.336. The van der Waals surface area contributed by atoms with Gasteiger partial charge in [-0.2, -0.15) is 5.10 Å². The maximum absolute atomic E-state index is 3.96. The third-order valence-electron chi connectivity index (χ3n) is 0.700. The Bertz CT molecular complexity index is 70.1. The summed E-state index contributed by atoms with van der Waals surface area (Å²) < 4.78 is 0. The Labute approximate surface area is 50.4 Å². The first kappa shape index (κ1) is 7.43. The minimum atomic E-state index is 0.796. The second-order valence-corrected chi connectivity index (χ2v) is 1.54. The monoisotopic (exact) mass is 115 g/mol. The molecule has 0 aromatic rings. The fraction of sp³-hybridized carbons (Fsp3) is 0.800. The summed E-state index contributed by atoms with van der Waals surface area (Å²) in [5.74, 6) is 0. The highest BCUT2D eigenvalue weighted by molar-refractivity contribution is 5.52. The molecule has 0 saturated heterocycles. The van der Waals surface area contributed by atoms with Gasteiger partial charge in [0.05, 0.1) is 6.67 Å². The molecule has 0 heterocycles. The Balaban J connectivity index is 3.17. The number of hydrazone groups is 1. The zero-order valence-electron chi connectivity index (χ0n) is 5.68. The van der Waals surface area contributed by atoms with E-state index in [0.717, 1.165) is 6.67 Å². The van der Waals surface area contributed by atoms with E-state index in [2.05, 4.69) is 10.4 Å². The van der Waals surface area contributed by atoms with Crippen LogP contribution in [0.4, 0.5) is 0 Å². The van der Waals surface area contributed by atoms with E-state index in [4.69, 9.17) is 0 Å². The minimum Gasteiger partial charge on any atom is -0.302 e. The van der Waals surface area contributed by atoms with Crippen LogP contribution in [0.1, 0.15) is 6.92 Å². The number of nitrogens with zero attached hydrogens (tertiary/aromatic N) is 2. The van der Waals surface area contributed by atoms with Crippen LogP contribution in [0.15, 0.2) is 5.10 Å². The van der Waals surface area contributed by atoms with E-state index in [0.29, 0.717) is 0 Å². The topological polar surface area (TPSA) is 27.6 Å². The third-order valence-corrected chi connectivity index (χ3v) is 0.700. The fourth-order valence-electron chi connectivity index (χ4n) is 0.467. The van der Waals surface area contributed by atoms with Gasteiger partial charge in [0.2, 0.25) is 0 Å². The first-order valence-electron chi connectivity index (χ1n) is 2.65. The van der Waals surface area contributed by atoms with Crippen LogP contribution >= 0.6 is 0 Å². The van der Waals surface area contributed by atoms with Gasteiger partial charge in [0, 0.05) is 13.3 Å². The lowest BCUT2D eigenvalue weighted by atomic mass is 10.9. The number of hydrogen-bond acceptors (Lipinski definition) is 3. The van der Waals surface area contributed by atoms with E-state index in [9.17, 15) is 0 Å². The molecule has 0 aromatic carbocycles. The van der Waals surface area contributed by atoms with Crippen molar-refractivity contribution >= 4 is 6.21 Å². The van der Waals surface area contributed by atoms with Gasteiger partial charge in [-0.05, 0) is 14.0 Å². The van der Waals surface area contributed by atoms with Gasteiger partial charge in [0.1, 0.15) is 0 Å². The maximum Gasteiger partial charge on any atom is 0.0848 e. The summed E-state index contributed by atoms with van der Waals surface area (Å²) >= 11 is 0. The van der Waals surface area contributed by atoms with E-state index in [1.54, 1.807) is 6.21 Å². The molecular weight excluding hydrogens is 102 g/mol. The van der Waals surface area contributed by atoms with E-state index < -0.39 is 0 Å². The molecule has 0 spiro atoms. The van der Waals surface area contributed by atoms with Gasteiger partial charge in [-0.25, -0.2) is 0 Å². The SMILES string of the molecule is C/C=N\N(C)CNC. The van der Waals surface area contributed by atoms with E-state index in [1.807, 2.05) is 26.0 Å². The van der Waals surface area contributed by atoms with Gasteiger partial charge in [-0.1, -0.05) is 0 Å². The molecular formula is C5H13N3. The third kappa shape index (κ3) is 3.61. The minimum absolute atomic E-state index is 0.796. The van der Waals surface area contributed by atoms with Crippen molar-refractivity contribution in [2.75, 3.05) is 20.8 Å². The lowest BCUT2D eigenvalue weighted by Gasteiger charge is -2.09. The molecule has 0 unspecified atom stereocenters. The van der Waals surface area contributed by atoms with Crippen molar-refractivity contribution in [3.8, 4) is 0 Å². The summed E-state index contributed by atoms with van der Waals surface area (Å²) in [5, 5.41) is 8.74. The Morgan fingerprint density at radius 3 is 2.75 bits per heavy atom. The normalized spacial score (nSPS) is 10.4. The predicted octanol–water partition coefficient (Wildman–Crippen LogP) is 0.101. The Morgan fingerprint density at radius 2 is 2.38 bits per heavy atom. The molecule has 0 radical (unpaired) electrons. The van der Waals surface area contributed by atoms with Crippen LogP contribution in [-0.2, 0) is 0 Å². The van der Waals surface area contributed by atoms with Crippen molar-refractivity contribution in [3.05, 3.63) is 0 Å². The molecule has 0 amide bonds. The van der Waals surface area contributed by atoms with Gasteiger partial charge in [0.15, 0.2) is 0 Å². The second kappa shape index (κ2) is 4.59. The number of rotatable bonds is 3. The average Bonchev–Trinajstić information content (AvgIpc) is 1.68. The fourth-order valence-corrected chi connectivity index (χ4v) is 0.467. The maximum atomic E-state index is 3.96. The molecule has 0 fully saturated rings. The quantitative estimate of drug-likeness (QED) is 0.321. The van der Waals surface area contributed by atoms with Crippen LogP contribution in [-0.4, -0.2) is 32.0 Å². The van der Waals surface area contributed by atoms with Crippen LogP contribution in [0.3, 0.4) is 0 Å². The van der Waals surface area contributed by atoms with Crippen molar-refractivity contribution in [1.82, 2.24) is 10.3 Å². The smallest absolute Gasteiger partial charge is 0.0848 e. The predicted molar refractivity (Wildman–Crippen MR) is 35.9 cm³/mol. The van der Waals surface area contributed by atoms with Crippen molar-refractivity contribution in [2.24, 2.45) is 5.10 Å². The molecule has 0 aliphatic rings. The molecule has 0 aliphatic carbocycles. The van der Waals surface area contributed by atoms with Crippen LogP contribution in [0.2, 0.25) is 0 Å². The van der Waals surface area contributed by atoms with Crippen LogP contribution in [0.25, 0.3) is 0 Å². The summed E-state index contributed by atoms with van der Waals surface area (Å²) in [5.41, 5.74) is 0. The lowest BCUT2D eigenvalue weighted by Crippen LogP contribution is -2.23. The molecule has 0 rings (SSSR count). The van der Waals surface area contributed by atoms with Crippen molar-refractivity contribution in [3.63, 3.8) is 0 Å². The molecule has 48 valence electrons. The van der Waals surface area contributed by atoms with Crippen LogP contribution < -0.4 is 5.32 Å². The molecule has 0 aromatic heterocycles. The first-order valence-corrected chi connectivity index (χ1v) is 2.65. The standard InChI is InChI=1S/C5H13N3/c1-4-7-8(3)5-6-2/h4,6H,5H2,1-3H3/b7-4-.